The molecule has 31 heavy (non-hydrogen) atoms. The van der Waals surface area contributed by atoms with Crippen LogP contribution in [0.25, 0.3) is 5.69 Å². The average molecular weight is 441 g/mol. The highest BCUT2D eigenvalue weighted by atomic mass is 35.5. The number of halogens is 2. The first kappa shape index (κ1) is 19.9. The molecule has 1 saturated heterocycles. The van der Waals surface area contributed by atoms with Crippen LogP contribution in [0.15, 0.2) is 48.9 Å². The Morgan fingerprint density at radius 1 is 1.19 bits per heavy atom. The lowest BCUT2D eigenvalue weighted by Crippen LogP contribution is -2.50. The fourth-order valence-electron chi connectivity index (χ4n) is 4.38. The van der Waals surface area contributed by atoms with Crippen LogP contribution in [0.2, 0.25) is 5.02 Å². The number of nitrogens with one attached hydrogen (secondary N) is 1. The second-order valence-corrected chi connectivity index (χ2v) is 8.77. The van der Waals surface area contributed by atoms with E-state index in [0.29, 0.717) is 35.0 Å². The molecule has 1 N–H and O–H groups in total. The van der Waals surface area contributed by atoms with Gasteiger partial charge in [-0.1, -0.05) is 11.6 Å². The van der Waals surface area contributed by atoms with Crippen molar-refractivity contribution in [1.29, 1.82) is 0 Å². The maximum atomic E-state index is 14.1. The van der Waals surface area contributed by atoms with E-state index in [9.17, 15) is 9.18 Å². The highest BCUT2D eigenvalue weighted by Gasteiger charge is 2.49. The Labute approximate surface area is 184 Å². The number of carbonyl (C=O) groups is 1. The van der Waals surface area contributed by atoms with Gasteiger partial charge in [-0.2, -0.15) is 15.0 Å². The van der Waals surface area contributed by atoms with Gasteiger partial charge in [0, 0.05) is 25.3 Å². The van der Waals surface area contributed by atoms with Gasteiger partial charge in [0.25, 0.3) is 5.91 Å². The van der Waals surface area contributed by atoms with Crippen LogP contribution in [0.1, 0.15) is 36.0 Å². The van der Waals surface area contributed by atoms with Crippen LogP contribution in [0.5, 0.6) is 0 Å². The standard InChI is InChI=1S/C22H22ClFN6O/c23-15-1-4-20(25-13-15)26-14-17-12-22(5-6-22)7-10-29(17)21(31)18-11-16(24)2-3-19(18)30-27-8-9-28-30/h1-4,8-9,11,13,17H,5-7,10,12,14H2,(H,25,26). The van der Waals surface area contributed by atoms with Crippen LogP contribution in [0.4, 0.5) is 10.2 Å². The average Bonchev–Trinajstić information content (AvgIpc) is 3.29. The van der Waals surface area contributed by atoms with Crippen LogP contribution in [0, 0.1) is 11.2 Å². The molecule has 0 bridgehead atoms. The zero-order valence-electron chi connectivity index (χ0n) is 16.8. The third kappa shape index (κ3) is 4.12. The summed E-state index contributed by atoms with van der Waals surface area (Å²) in [6, 6.07) is 7.70. The van der Waals surface area contributed by atoms with E-state index in [-0.39, 0.29) is 17.5 Å². The summed E-state index contributed by atoms with van der Waals surface area (Å²) in [5.74, 6) is 0.0348. The lowest BCUT2D eigenvalue weighted by atomic mass is 9.87. The Morgan fingerprint density at radius 2 is 2.00 bits per heavy atom. The molecule has 160 valence electrons. The molecule has 1 unspecified atom stereocenters. The second kappa shape index (κ2) is 7.92. The van der Waals surface area contributed by atoms with Gasteiger partial charge in [-0.05, 0) is 61.4 Å². The number of rotatable bonds is 5. The molecule has 2 aliphatic rings. The second-order valence-electron chi connectivity index (χ2n) is 8.33. The maximum absolute atomic E-state index is 14.1. The van der Waals surface area contributed by atoms with Gasteiger partial charge in [0.1, 0.15) is 11.6 Å². The van der Waals surface area contributed by atoms with Gasteiger partial charge in [0.2, 0.25) is 0 Å². The number of pyridine rings is 1. The molecule has 1 aliphatic heterocycles. The number of hydrogen-bond donors (Lipinski definition) is 1. The summed E-state index contributed by atoms with van der Waals surface area (Å²) in [4.78, 5) is 21.1. The lowest BCUT2D eigenvalue weighted by molar-refractivity contribution is 0.0545. The summed E-state index contributed by atoms with van der Waals surface area (Å²) < 4.78 is 14.1. The number of nitrogens with zero attached hydrogens (tertiary/aromatic N) is 5. The van der Waals surface area contributed by atoms with E-state index in [1.54, 1.807) is 18.3 Å². The number of anilines is 1. The molecule has 7 nitrogen and oxygen atoms in total. The molecule has 0 radical (unpaired) electrons. The molecule has 2 fully saturated rings. The normalized spacial score (nSPS) is 19.4. The summed E-state index contributed by atoms with van der Waals surface area (Å²) in [5.41, 5.74) is 1.07. The molecule has 3 heterocycles. The molecule has 1 saturated carbocycles. The molecule has 1 aliphatic carbocycles. The van der Waals surface area contributed by atoms with E-state index in [1.807, 2.05) is 11.0 Å². The predicted octanol–water partition coefficient (Wildman–Crippen LogP) is 3.95. The van der Waals surface area contributed by atoms with E-state index in [1.165, 1.54) is 42.2 Å². The van der Waals surface area contributed by atoms with E-state index in [2.05, 4.69) is 20.5 Å². The number of amides is 1. The molecule has 9 heteroatoms. The predicted molar refractivity (Wildman–Crippen MR) is 115 cm³/mol. The molecule has 2 aromatic heterocycles. The molecule has 1 amide bonds. The number of aromatic nitrogens is 4. The highest BCUT2D eigenvalue weighted by Crippen LogP contribution is 2.55. The largest absolute Gasteiger partial charge is 0.368 e. The quantitative estimate of drug-likeness (QED) is 0.650. The molecule has 1 aromatic carbocycles. The Kier molecular flexibility index (Phi) is 5.09. The minimum atomic E-state index is -0.463. The number of likely N-dealkylation sites (tertiary alicyclic amines) is 1. The van der Waals surface area contributed by atoms with Crippen LogP contribution >= 0.6 is 11.6 Å². The van der Waals surface area contributed by atoms with Gasteiger partial charge in [0.15, 0.2) is 0 Å². The van der Waals surface area contributed by atoms with Crippen molar-refractivity contribution >= 4 is 23.3 Å². The van der Waals surface area contributed by atoms with Crippen molar-refractivity contribution < 1.29 is 9.18 Å². The summed E-state index contributed by atoms with van der Waals surface area (Å²) >= 11 is 5.92. The van der Waals surface area contributed by atoms with Crippen molar-refractivity contribution in [2.75, 3.05) is 18.4 Å². The lowest BCUT2D eigenvalue weighted by Gasteiger charge is -2.40. The molecule has 3 aromatic rings. The van der Waals surface area contributed by atoms with Gasteiger partial charge in [-0.3, -0.25) is 4.79 Å². The first-order valence-electron chi connectivity index (χ1n) is 10.4. The number of carbonyl (C=O) groups excluding carboxylic acids is 1. The molecular formula is C22H22ClFN6O. The van der Waals surface area contributed by atoms with Gasteiger partial charge >= 0.3 is 0 Å². The van der Waals surface area contributed by atoms with E-state index < -0.39 is 5.82 Å². The van der Waals surface area contributed by atoms with Gasteiger partial charge in [-0.25, -0.2) is 9.37 Å². The Hall–Kier alpha value is -3.00. The fraction of sp³-hybridized carbons (Fsp3) is 0.364. The summed E-state index contributed by atoms with van der Waals surface area (Å²) in [5, 5.41) is 12.1. The third-order valence-corrected chi connectivity index (χ3v) is 6.50. The summed E-state index contributed by atoms with van der Waals surface area (Å²) in [6.45, 7) is 1.20. The molecular weight excluding hydrogens is 419 g/mol. The van der Waals surface area contributed by atoms with Crippen molar-refractivity contribution in [3.63, 3.8) is 0 Å². The monoisotopic (exact) mass is 440 g/mol. The number of hydrogen-bond acceptors (Lipinski definition) is 5. The maximum Gasteiger partial charge on any atom is 0.256 e. The molecule has 5 rings (SSSR count). The first-order valence-corrected chi connectivity index (χ1v) is 10.7. The van der Waals surface area contributed by atoms with Crippen molar-refractivity contribution in [1.82, 2.24) is 24.9 Å². The Bertz CT molecular complexity index is 1080. The third-order valence-electron chi connectivity index (χ3n) is 6.28. The first-order chi connectivity index (χ1) is 15.0. The van der Waals surface area contributed by atoms with E-state index in [0.717, 1.165) is 12.8 Å². The Balaban J connectivity index is 1.41. The van der Waals surface area contributed by atoms with Gasteiger partial charge in [0.05, 0.1) is 28.7 Å². The Morgan fingerprint density at radius 3 is 2.71 bits per heavy atom. The topological polar surface area (TPSA) is 75.9 Å². The van der Waals surface area contributed by atoms with Crippen LogP contribution < -0.4 is 5.32 Å². The van der Waals surface area contributed by atoms with Crippen molar-refractivity contribution in [3.05, 3.63) is 65.3 Å². The van der Waals surface area contributed by atoms with Crippen LogP contribution in [-0.2, 0) is 0 Å². The fourth-order valence-corrected chi connectivity index (χ4v) is 4.50. The van der Waals surface area contributed by atoms with Crippen LogP contribution in [0.3, 0.4) is 0 Å². The minimum absolute atomic E-state index is 0.0251. The zero-order chi connectivity index (χ0) is 21.4. The summed E-state index contributed by atoms with van der Waals surface area (Å²) in [7, 11) is 0. The van der Waals surface area contributed by atoms with Crippen molar-refractivity contribution in [3.8, 4) is 5.69 Å². The zero-order valence-corrected chi connectivity index (χ0v) is 17.6. The van der Waals surface area contributed by atoms with Crippen molar-refractivity contribution in [2.24, 2.45) is 5.41 Å². The van der Waals surface area contributed by atoms with E-state index in [4.69, 9.17) is 11.6 Å². The van der Waals surface area contributed by atoms with Gasteiger partial charge in [-0.15, -0.1) is 0 Å². The summed E-state index contributed by atoms with van der Waals surface area (Å²) in [6.07, 6.45) is 8.94. The van der Waals surface area contributed by atoms with Crippen molar-refractivity contribution in [2.45, 2.75) is 31.7 Å². The highest BCUT2D eigenvalue weighted by molar-refractivity contribution is 6.30. The molecule has 1 spiro atoms. The van der Waals surface area contributed by atoms with E-state index >= 15 is 0 Å². The van der Waals surface area contributed by atoms with Gasteiger partial charge < -0.3 is 10.2 Å². The van der Waals surface area contributed by atoms with Crippen LogP contribution in [-0.4, -0.2) is 49.9 Å². The molecule has 1 atom stereocenters. The minimum Gasteiger partial charge on any atom is -0.368 e. The number of benzene rings is 1. The SMILES string of the molecule is O=C(c1cc(F)ccc1-n1nccn1)N1CCC2(CC2)CC1CNc1ccc(Cl)cn1. The smallest absolute Gasteiger partial charge is 0.256 e. The number of piperidine rings is 1.